The number of nitrogens with one attached hydrogen (secondary N) is 1. The first-order valence-corrected chi connectivity index (χ1v) is 12.1. The number of fused-ring (bicyclic) bond motifs is 4. The molecule has 4 nitrogen and oxygen atoms in total. The zero-order valence-electron chi connectivity index (χ0n) is 19.1. The Morgan fingerprint density at radius 1 is 1.06 bits per heavy atom. The van der Waals surface area contributed by atoms with E-state index in [2.05, 4.69) is 79.0 Å². The fraction of sp³-hybridized carbons (Fsp3) is 0.345. The van der Waals surface area contributed by atoms with Gasteiger partial charge in [-0.15, -0.1) is 0 Å². The van der Waals surface area contributed by atoms with Gasteiger partial charge in [0.25, 0.3) is 0 Å². The van der Waals surface area contributed by atoms with Crippen molar-refractivity contribution in [2.24, 2.45) is 5.92 Å². The van der Waals surface area contributed by atoms with Gasteiger partial charge in [-0.1, -0.05) is 66.2 Å². The van der Waals surface area contributed by atoms with E-state index in [9.17, 15) is 4.79 Å². The summed E-state index contributed by atoms with van der Waals surface area (Å²) in [6, 6.07) is 23.9. The molecule has 1 amide bonds. The van der Waals surface area contributed by atoms with Crippen LogP contribution in [0.5, 0.6) is 0 Å². The van der Waals surface area contributed by atoms with E-state index < -0.39 is 0 Å². The van der Waals surface area contributed by atoms with Crippen LogP contribution in [0, 0.1) is 12.8 Å². The molecule has 33 heavy (non-hydrogen) atoms. The summed E-state index contributed by atoms with van der Waals surface area (Å²) in [5.41, 5.74) is 8.66. The van der Waals surface area contributed by atoms with Crippen LogP contribution in [-0.4, -0.2) is 24.0 Å². The van der Waals surface area contributed by atoms with Gasteiger partial charge in [0.05, 0.1) is 18.6 Å². The molecule has 3 aromatic carbocycles. The van der Waals surface area contributed by atoms with Crippen molar-refractivity contribution in [1.29, 1.82) is 0 Å². The third-order valence-electron chi connectivity index (χ3n) is 7.54. The van der Waals surface area contributed by atoms with Gasteiger partial charge in [0, 0.05) is 36.9 Å². The molecule has 6 rings (SSSR count). The summed E-state index contributed by atoms with van der Waals surface area (Å²) in [4.78, 5) is 15.1. The molecule has 3 aliphatic heterocycles. The van der Waals surface area contributed by atoms with Crippen LogP contribution in [-0.2, 0) is 28.9 Å². The molecule has 1 saturated heterocycles. The number of anilines is 1. The molecule has 3 atom stereocenters. The minimum absolute atomic E-state index is 0.0867. The Balaban J connectivity index is 1.22. The van der Waals surface area contributed by atoms with Gasteiger partial charge in [-0.2, -0.15) is 0 Å². The number of aryl methyl sites for hydroxylation is 1. The molecule has 4 heteroatoms. The maximum atomic E-state index is 13.1. The lowest BCUT2D eigenvalue weighted by Gasteiger charge is -2.37. The highest BCUT2D eigenvalue weighted by molar-refractivity contribution is 5.79. The summed E-state index contributed by atoms with van der Waals surface area (Å²) < 4.78 is 6.25. The Kier molecular flexibility index (Phi) is 5.18. The predicted molar refractivity (Wildman–Crippen MR) is 130 cm³/mol. The van der Waals surface area contributed by atoms with E-state index in [0.717, 1.165) is 37.2 Å². The quantitative estimate of drug-likeness (QED) is 0.598. The number of carbonyl (C=O) groups is 1. The summed E-state index contributed by atoms with van der Waals surface area (Å²) in [5, 5.41) is 3.79. The average molecular weight is 439 g/mol. The number of rotatable bonds is 3. The van der Waals surface area contributed by atoms with Crippen LogP contribution in [0.3, 0.4) is 0 Å². The third-order valence-corrected chi connectivity index (χ3v) is 7.54. The van der Waals surface area contributed by atoms with E-state index in [1.807, 2.05) is 4.90 Å². The zero-order chi connectivity index (χ0) is 22.4. The molecule has 0 aliphatic carbocycles. The highest BCUT2D eigenvalue weighted by Crippen LogP contribution is 2.50. The number of ether oxygens (including phenoxy) is 1. The number of carbonyl (C=O) groups excluding carboxylic acids is 1. The van der Waals surface area contributed by atoms with Gasteiger partial charge in [0.2, 0.25) is 5.91 Å². The summed E-state index contributed by atoms with van der Waals surface area (Å²) in [6.45, 7) is 4.45. The van der Waals surface area contributed by atoms with Gasteiger partial charge in [0.1, 0.15) is 0 Å². The lowest BCUT2D eigenvalue weighted by molar-refractivity contribution is -0.131. The summed E-state index contributed by atoms with van der Waals surface area (Å²) in [6.07, 6.45) is 2.51. The second kappa shape index (κ2) is 8.35. The van der Waals surface area contributed by atoms with Crippen LogP contribution in [0.2, 0.25) is 0 Å². The Labute approximate surface area is 195 Å². The van der Waals surface area contributed by atoms with Gasteiger partial charge >= 0.3 is 0 Å². The second-order valence-electron chi connectivity index (χ2n) is 9.71. The van der Waals surface area contributed by atoms with Gasteiger partial charge in [-0.05, 0) is 48.1 Å². The Morgan fingerprint density at radius 2 is 1.94 bits per heavy atom. The van der Waals surface area contributed by atoms with E-state index in [1.165, 1.54) is 27.8 Å². The summed E-state index contributed by atoms with van der Waals surface area (Å²) >= 11 is 0. The first-order valence-electron chi connectivity index (χ1n) is 12.1. The number of hydrogen-bond acceptors (Lipinski definition) is 3. The molecule has 0 spiro atoms. The number of benzene rings is 3. The minimum Gasteiger partial charge on any atom is -0.378 e. The SMILES string of the molecule is Cc1cccc(C2Nc3ccc(CC(=O)N4CCc5ccccc5C4)cc3C3OCCC23)c1. The van der Waals surface area contributed by atoms with Gasteiger partial charge in [0.15, 0.2) is 0 Å². The van der Waals surface area contributed by atoms with Crippen LogP contribution >= 0.6 is 0 Å². The molecule has 168 valence electrons. The highest BCUT2D eigenvalue weighted by Gasteiger charge is 2.41. The molecule has 3 heterocycles. The van der Waals surface area contributed by atoms with Gasteiger partial charge in [-0.3, -0.25) is 4.79 Å². The smallest absolute Gasteiger partial charge is 0.227 e. The fourth-order valence-corrected chi connectivity index (χ4v) is 5.82. The molecular formula is C29H30N2O2. The van der Waals surface area contributed by atoms with Crippen molar-refractivity contribution in [1.82, 2.24) is 4.90 Å². The monoisotopic (exact) mass is 438 g/mol. The Bertz CT molecular complexity index is 1200. The molecule has 1 N–H and O–H groups in total. The minimum atomic E-state index is 0.0867. The fourth-order valence-electron chi connectivity index (χ4n) is 5.82. The van der Waals surface area contributed by atoms with Crippen molar-refractivity contribution < 1.29 is 9.53 Å². The molecule has 1 fully saturated rings. The topological polar surface area (TPSA) is 41.6 Å². The van der Waals surface area contributed by atoms with E-state index in [-0.39, 0.29) is 18.1 Å². The predicted octanol–water partition coefficient (Wildman–Crippen LogP) is 5.37. The normalized spacial score (nSPS) is 23.3. The Morgan fingerprint density at radius 3 is 2.82 bits per heavy atom. The highest BCUT2D eigenvalue weighted by atomic mass is 16.5. The van der Waals surface area contributed by atoms with Crippen molar-refractivity contribution in [3.05, 3.63) is 100 Å². The van der Waals surface area contributed by atoms with Crippen molar-refractivity contribution in [2.75, 3.05) is 18.5 Å². The molecule has 3 unspecified atom stereocenters. The molecule has 0 aromatic heterocycles. The third kappa shape index (κ3) is 3.83. The molecule has 3 aliphatic rings. The lowest BCUT2D eigenvalue weighted by Crippen LogP contribution is -2.37. The van der Waals surface area contributed by atoms with E-state index in [0.29, 0.717) is 18.9 Å². The lowest BCUT2D eigenvalue weighted by atomic mass is 9.80. The largest absolute Gasteiger partial charge is 0.378 e. The second-order valence-corrected chi connectivity index (χ2v) is 9.71. The first kappa shape index (κ1) is 20.5. The van der Waals surface area contributed by atoms with Gasteiger partial charge < -0.3 is 15.0 Å². The van der Waals surface area contributed by atoms with Crippen LogP contribution in [0.1, 0.15) is 51.9 Å². The van der Waals surface area contributed by atoms with Crippen LogP contribution in [0.4, 0.5) is 5.69 Å². The number of hydrogen-bond donors (Lipinski definition) is 1. The molecular weight excluding hydrogens is 408 g/mol. The van der Waals surface area contributed by atoms with Crippen molar-refractivity contribution in [3.63, 3.8) is 0 Å². The zero-order valence-corrected chi connectivity index (χ0v) is 19.1. The molecule has 0 bridgehead atoms. The van der Waals surface area contributed by atoms with E-state index in [4.69, 9.17) is 4.74 Å². The number of nitrogens with zero attached hydrogens (tertiary/aromatic N) is 1. The van der Waals surface area contributed by atoms with Crippen molar-refractivity contribution in [2.45, 2.75) is 44.9 Å². The maximum absolute atomic E-state index is 13.1. The summed E-state index contributed by atoms with van der Waals surface area (Å²) in [7, 11) is 0. The summed E-state index contributed by atoms with van der Waals surface area (Å²) in [5.74, 6) is 0.610. The standard InChI is InChI=1S/C29H30N2O2/c1-19-5-4-8-22(15-19)28-24-12-14-33-29(24)25-16-20(9-10-26(25)30-28)17-27(32)31-13-11-21-6-2-3-7-23(21)18-31/h2-10,15-16,24,28-30H,11-14,17-18H2,1H3. The Hall–Kier alpha value is -3.11. The van der Waals surface area contributed by atoms with Gasteiger partial charge in [-0.25, -0.2) is 0 Å². The van der Waals surface area contributed by atoms with Crippen LogP contribution in [0.25, 0.3) is 0 Å². The van der Waals surface area contributed by atoms with Crippen molar-refractivity contribution >= 4 is 11.6 Å². The average Bonchev–Trinajstić information content (AvgIpc) is 3.34. The maximum Gasteiger partial charge on any atom is 0.227 e. The van der Waals surface area contributed by atoms with E-state index in [1.54, 1.807) is 0 Å². The molecule has 3 aromatic rings. The van der Waals surface area contributed by atoms with E-state index >= 15 is 0 Å². The first-order chi connectivity index (χ1) is 16.2. The van der Waals surface area contributed by atoms with Crippen LogP contribution in [0.15, 0.2) is 66.7 Å². The van der Waals surface area contributed by atoms with Crippen molar-refractivity contribution in [3.8, 4) is 0 Å². The number of amides is 1. The van der Waals surface area contributed by atoms with Crippen LogP contribution < -0.4 is 5.32 Å². The molecule has 0 saturated carbocycles. The molecule has 0 radical (unpaired) electrons.